The third kappa shape index (κ3) is 9.98. The lowest BCUT2D eigenvalue weighted by Gasteiger charge is -2.06. The molecular weight excluding hydrogens is 789 g/mol. The molecule has 10 heteroatoms. The molecule has 286 valence electrons. The van der Waals surface area contributed by atoms with Crippen LogP contribution in [0.15, 0.2) is 143 Å². The number of carbonyl (C=O) groups is 2. The Bertz CT molecular complexity index is 2970. The number of nitro groups is 2. The Morgan fingerprint density at radius 3 is 1.18 bits per heavy atom. The standard InChI is InChI=1S/C50H28N2O6S2/c1-33(53)59-45-25-15-35(16-26-45)9-21-41-23-13-37(29-49(41)51(55)56)11-19-39-5-3-7-43-31-44-8-4-6-40(48(44)32-47(39)43)20-12-38-14-24-42(50(30-38)52(57)58)22-10-36-17-27-46(28-18-36)60-34(2)54/h3-8,13-18,23-32H,1-2H3. The summed E-state index contributed by atoms with van der Waals surface area (Å²) in [7, 11) is 0. The molecule has 0 N–H and O–H groups in total. The summed E-state index contributed by atoms with van der Waals surface area (Å²) >= 11 is 2.24. The van der Waals surface area contributed by atoms with E-state index in [1.165, 1.54) is 26.0 Å². The molecule has 0 atom stereocenters. The molecular formula is C50H28N2O6S2. The monoisotopic (exact) mass is 816 g/mol. The Balaban J connectivity index is 1.16. The molecule has 0 aliphatic heterocycles. The van der Waals surface area contributed by atoms with Gasteiger partial charge in [-0.3, -0.25) is 29.8 Å². The summed E-state index contributed by atoms with van der Waals surface area (Å²) < 4.78 is 0. The molecule has 0 spiro atoms. The topological polar surface area (TPSA) is 120 Å². The highest BCUT2D eigenvalue weighted by Gasteiger charge is 2.14. The molecule has 7 aromatic carbocycles. The SMILES string of the molecule is CC(=O)Sc1ccc(C#Cc2ccc(C#Cc3cccc4cc5cccc(C#Cc6ccc(C#Cc7ccc(SC(C)=O)cc7)c([N+](=O)[O-])c6)c5cc34)cc2[N+](=O)[O-])cc1. The van der Waals surface area contributed by atoms with Crippen molar-refractivity contribution in [3.63, 3.8) is 0 Å². The molecule has 0 radical (unpaired) electrons. The molecule has 7 aromatic rings. The maximum absolute atomic E-state index is 12.1. The zero-order chi connectivity index (χ0) is 42.2. The van der Waals surface area contributed by atoms with Gasteiger partial charge in [0.25, 0.3) is 11.4 Å². The minimum atomic E-state index is -0.477. The summed E-state index contributed by atoms with van der Waals surface area (Å²) in [4.78, 5) is 47.5. The minimum absolute atomic E-state index is 0.0241. The maximum Gasteiger partial charge on any atom is 0.286 e. The quantitative estimate of drug-likeness (QED) is 0.0566. The second kappa shape index (κ2) is 18.2. The Morgan fingerprint density at radius 2 is 0.800 bits per heavy atom. The van der Waals surface area contributed by atoms with Crippen molar-refractivity contribution in [3.8, 4) is 47.4 Å². The van der Waals surface area contributed by atoms with Crippen molar-refractivity contribution in [2.24, 2.45) is 0 Å². The van der Waals surface area contributed by atoms with E-state index in [1.807, 2.05) is 48.5 Å². The van der Waals surface area contributed by atoms with E-state index in [9.17, 15) is 29.8 Å². The molecule has 0 saturated heterocycles. The van der Waals surface area contributed by atoms with Crippen LogP contribution in [-0.2, 0) is 9.59 Å². The van der Waals surface area contributed by atoms with Crippen LogP contribution >= 0.6 is 23.5 Å². The smallest absolute Gasteiger partial charge is 0.286 e. The van der Waals surface area contributed by atoms with Crippen LogP contribution in [0.1, 0.15) is 58.4 Å². The largest absolute Gasteiger partial charge is 0.287 e. The molecule has 0 saturated carbocycles. The van der Waals surface area contributed by atoms with Gasteiger partial charge in [0.05, 0.1) is 9.85 Å². The summed E-state index contributed by atoms with van der Waals surface area (Å²) in [6.07, 6.45) is 0. The van der Waals surface area contributed by atoms with Gasteiger partial charge in [-0.15, -0.1) is 0 Å². The summed E-state index contributed by atoms with van der Waals surface area (Å²) in [5, 5.41) is 27.7. The first-order valence-electron chi connectivity index (χ1n) is 18.2. The molecule has 0 aliphatic carbocycles. The van der Waals surface area contributed by atoms with E-state index in [4.69, 9.17) is 0 Å². The van der Waals surface area contributed by atoms with Crippen LogP contribution in [0.3, 0.4) is 0 Å². The predicted molar refractivity (Wildman–Crippen MR) is 238 cm³/mol. The number of hydrogen-bond acceptors (Lipinski definition) is 8. The van der Waals surface area contributed by atoms with Gasteiger partial charge < -0.3 is 0 Å². The zero-order valence-corrected chi connectivity index (χ0v) is 33.5. The van der Waals surface area contributed by atoms with Crippen molar-refractivity contribution < 1.29 is 19.4 Å². The van der Waals surface area contributed by atoms with Gasteiger partial charge >= 0.3 is 0 Å². The van der Waals surface area contributed by atoms with E-state index >= 15 is 0 Å². The zero-order valence-electron chi connectivity index (χ0n) is 31.9. The highest BCUT2D eigenvalue weighted by atomic mass is 32.2. The third-order valence-electron chi connectivity index (χ3n) is 8.87. The van der Waals surface area contributed by atoms with Crippen molar-refractivity contribution in [1.82, 2.24) is 0 Å². The molecule has 7 rings (SSSR count). The fourth-order valence-electron chi connectivity index (χ4n) is 6.10. The fourth-order valence-corrected chi connectivity index (χ4v) is 7.31. The average Bonchev–Trinajstić information content (AvgIpc) is 3.23. The third-order valence-corrected chi connectivity index (χ3v) is 10.5. The van der Waals surface area contributed by atoms with Crippen LogP contribution < -0.4 is 0 Å². The lowest BCUT2D eigenvalue weighted by atomic mass is 9.97. The number of carbonyl (C=O) groups excluding carboxylic acids is 2. The van der Waals surface area contributed by atoms with E-state index in [2.05, 4.69) is 47.4 Å². The van der Waals surface area contributed by atoms with Crippen molar-refractivity contribution in [1.29, 1.82) is 0 Å². The molecule has 0 aromatic heterocycles. The lowest BCUT2D eigenvalue weighted by Crippen LogP contribution is -1.93. The Labute approximate surface area is 353 Å². The van der Waals surface area contributed by atoms with Gasteiger partial charge in [-0.2, -0.15) is 0 Å². The van der Waals surface area contributed by atoms with Gasteiger partial charge in [0.2, 0.25) is 0 Å². The summed E-state index contributed by atoms with van der Waals surface area (Å²) in [5.74, 6) is 24.3. The van der Waals surface area contributed by atoms with Gasteiger partial charge in [0.15, 0.2) is 10.2 Å². The molecule has 0 amide bonds. The maximum atomic E-state index is 12.1. The van der Waals surface area contributed by atoms with E-state index < -0.39 is 9.85 Å². The summed E-state index contributed by atoms with van der Waals surface area (Å²) in [6, 6.07) is 39.2. The first kappa shape index (κ1) is 40.3. The molecule has 60 heavy (non-hydrogen) atoms. The van der Waals surface area contributed by atoms with Gasteiger partial charge in [-0.1, -0.05) is 95.2 Å². The summed E-state index contributed by atoms with van der Waals surface area (Å²) in [6.45, 7) is 2.98. The van der Waals surface area contributed by atoms with Crippen molar-refractivity contribution >= 4 is 66.7 Å². The van der Waals surface area contributed by atoms with Crippen molar-refractivity contribution in [2.45, 2.75) is 23.6 Å². The first-order chi connectivity index (χ1) is 29.0. The van der Waals surface area contributed by atoms with E-state index in [0.29, 0.717) is 33.4 Å². The Morgan fingerprint density at radius 1 is 0.433 bits per heavy atom. The molecule has 0 fully saturated rings. The number of thioether (sulfide) groups is 2. The second-order valence-electron chi connectivity index (χ2n) is 13.1. The highest BCUT2D eigenvalue weighted by molar-refractivity contribution is 8.13. The highest BCUT2D eigenvalue weighted by Crippen LogP contribution is 2.29. The van der Waals surface area contributed by atoms with Crippen LogP contribution in [0.4, 0.5) is 11.4 Å². The van der Waals surface area contributed by atoms with E-state index in [0.717, 1.165) is 54.9 Å². The first-order valence-corrected chi connectivity index (χ1v) is 19.8. The van der Waals surface area contributed by atoms with Crippen LogP contribution in [-0.4, -0.2) is 20.1 Å². The lowest BCUT2D eigenvalue weighted by molar-refractivity contribution is -0.385. The van der Waals surface area contributed by atoms with E-state index in [-0.39, 0.29) is 32.7 Å². The fraction of sp³-hybridized carbons (Fsp3) is 0.0400. The van der Waals surface area contributed by atoms with Crippen molar-refractivity contribution in [3.05, 3.63) is 198 Å². The normalized spacial score (nSPS) is 10.2. The van der Waals surface area contributed by atoms with Gasteiger partial charge in [-0.25, -0.2) is 0 Å². The molecule has 0 bridgehead atoms. The van der Waals surface area contributed by atoms with Crippen molar-refractivity contribution in [2.75, 3.05) is 0 Å². The number of nitrogens with zero attached hydrogens (tertiary/aromatic N) is 2. The molecule has 8 nitrogen and oxygen atoms in total. The number of hydrogen-bond donors (Lipinski definition) is 0. The number of rotatable bonds is 4. The molecule has 0 unspecified atom stereocenters. The van der Waals surface area contributed by atoms with Crippen LogP contribution in [0, 0.1) is 67.6 Å². The second-order valence-corrected chi connectivity index (χ2v) is 15.6. The number of benzene rings is 7. The average molecular weight is 817 g/mol. The van der Waals surface area contributed by atoms with E-state index in [1.54, 1.807) is 72.8 Å². The number of nitro benzene ring substituents is 2. The Hall–Kier alpha value is -7.86. The Kier molecular flexibility index (Phi) is 12.2. The summed E-state index contributed by atoms with van der Waals surface area (Å²) in [5.41, 5.74) is 3.83. The van der Waals surface area contributed by atoms with Gasteiger partial charge in [0, 0.05) is 69.2 Å². The predicted octanol–water partition coefficient (Wildman–Crippen LogP) is 10.7. The molecule has 0 heterocycles. The minimum Gasteiger partial charge on any atom is -0.287 e. The molecule has 0 aliphatic rings. The van der Waals surface area contributed by atoms with Crippen LogP contribution in [0.2, 0.25) is 0 Å². The van der Waals surface area contributed by atoms with Crippen LogP contribution in [0.25, 0.3) is 21.5 Å². The number of fused-ring (bicyclic) bond motifs is 2. The van der Waals surface area contributed by atoms with Gasteiger partial charge in [-0.05, 0) is 119 Å². The van der Waals surface area contributed by atoms with Crippen LogP contribution in [0.5, 0.6) is 0 Å². The van der Waals surface area contributed by atoms with Gasteiger partial charge in [0.1, 0.15) is 11.1 Å².